The number of ether oxygens (including phenoxy) is 1. The number of nitrogens with one attached hydrogen (secondary N) is 1. The molecule has 1 N–H and O–H groups in total. The van der Waals surface area contributed by atoms with Gasteiger partial charge in [0, 0.05) is 24.4 Å². The smallest absolute Gasteiger partial charge is 0.311 e. The van der Waals surface area contributed by atoms with Gasteiger partial charge in [0.05, 0.1) is 23.7 Å². The summed E-state index contributed by atoms with van der Waals surface area (Å²) in [5.41, 5.74) is 2.18. The van der Waals surface area contributed by atoms with Crippen LogP contribution in [0.5, 0.6) is 5.75 Å². The van der Waals surface area contributed by atoms with Crippen molar-refractivity contribution in [3.05, 3.63) is 63.7 Å². The van der Waals surface area contributed by atoms with Gasteiger partial charge >= 0.3 is 5.69 Å². The Bertz CT molecular complexity index is 708. The van der Waals surface area contributed by atoms with E-state index in [1.807, 2.05) is 12.1 Å². The van der Waals surface area contributed by atoms with E-state index in [4.69, 9.17) is 10.00 Å². The first-order valence-corrected chi connectivity index (χ1v) is 6.19. The highest BCUT2D eigenvalue weighted by molar-refractivity contribution is 5.58. The quantitative estimate of drug-likeness (QED) is 0.673. The summed E-state index contributed by atoms with van der Waals surface area (Å²) in [7, 11) is 1.39. The summed E-state index contributed by atoms with van der Waals surface area (Å²) in [5, 5.41) is 22.8. The first kappa shape index (κ1) is 14.3. The Morgan fingerprint density at radius 1 is 1.33 bits per heavy atom. The fraction of sp³-hybridized carbons (Fsp3) is 0.133. The minimum Gasteiger partial charge on any atom is -0.490 e. The van der Waals surface area contributed by atoms with Gasteiger partial charge in [-0.1, -0.05) is 12.1 Å². The number of benzene rings is 2. The van der Waals surface area contributed by atoms with Crippen molar-refractivity contribution in [2.24, 2.45) is 0 Å². The van der Waals surface area contributed by atoms with Gasteiger partial charge in [0.15, 0.2) is 5.75 Å². The molecule has 0 fully saturated rings. The largest absolute Gasteiger partial charge is 0.490 e. The standard InChI is InChI=1S/C15H13N3O3/c1-21-15-8-13(5-6-14(15)18(19)20)17-10-12-4-2-3-11(7-12)9-16/h2-8,17H,10H2,1H3. The Hall–Kier alpha value is -3.07. The Kier molecular flexibility index (Phi) is 4.36. The third-order valence-corrected chi connectivity index (χ3v) is 2.93. The van der Waals surface area contributed by atoms with Crippen LogP contribution in [0.3, 0.4) is 0 Å². The maximum Gasteiger partial charge on any atom is 0.311 e. The number of methoxy groups -OCH3 is 1. The van der Waals surface area contributed by atoms with E-state index in [0.29, 0.717) is 17.8 Å². The summed E-state index contributed by atoms with van der Waals surface area (Å²) < 4.78 is 5.01. The zero-order valence-corrected chi connectivity index (χ0v) is 11.4. The predicted octanol–water partition coefficient (Wildman–Crippen LogP) is 3.09. The van der Waals surface area contributed by atoms with Crippen molar-refractivity contribution in [2.45, 2.75) is 6.54 Å². The molecule has 0 aliphatic heterocycles. The molecule has 2 aromatic carbocycles. The molecule has 6 nitrogen and oxygen atoms in total. The van der Waals surface area contributed by atoms with E-state index in [9.17, 15) is 10.1 Å². The minimum atomic E-state index is -0.487. The molecular weight excluding hydrogens is 270 g/mol. The summed E-state index contributed by atoms with van der Waals surface area (Å²) in [5.74, 6) is 0.204. The number of hydrogen-bond donors (Lipinski definition) is 1. The summed E-state index contributed by atoms with van der Waals surface area (Å²) in [6.07, 6.45) is 0. The summed E-state index contributed by atoms with van der Waals surface area (Å²) >= 11 is 0. The van der Waals surface area contributed by atoms with Crippen LogP contribution < -0.4 is 10.1 Å². The molecule has 0 atom stereocenters. The zero-order valence-electron chi connectivity index (χ0n) is 11.4. The highest BCUT2D eigenvalue weighted by Gasteiger charge is 2.14. The Morgan fingerprint density at radius 2 is 2.14 bits per heavy atom. The second-order valence-corrected chi connectivity index (χ2v) is 4.31. The van der Waals surface area contributed by atoms with Crippen LogP contribution in [0.15, 0.2) is 42.5 Å². The normalized spacial score (nSPS) is 9.71. The van der Waals surface area contributed by atoms with Crippen molar-refractivity contribution in [1.29, 1.82) is 5.26 Å². The third-order valence-electron chi connectivity index (χ3n) is 2.93. The van der Waals surface area contributed by atoms with Gasteiger partial charge in [0.25, 0.3) is 0 Å². The molecule has 0 radical (unpaired) electrons. The van der Waals surface area contributed by atoms with Gasteiger partial charge in [-0.2, -0.15) is 5.26 Å². The van der Waals surface area contributed by atoms with Crippen molar-refractivity contribution < 1.29 is 9.66 Å². The number of nitro benzene ring substituents is 1. The lowest BCUT2D eigenvalue weighted by atomic mass is 10.1. The topological polar surface area (TPSA) is 88.2 Å². The first-order chi connectivity index (χ1) is 10.1. The number of nitrogens with zero attached hydrogens (tertiary/aromatic N) is 2. The molecule has 0 aliphatic rings. The van der Waals surface area contributed by atoms with E-state index in [1.165, 1.54) is 13.2 Å². The molecule has 0 heterocycles. The maximum absolute atomic E-state index is 10.8. The minimum absolute atomic E-state index is 0.0745. The number of anilines is 1. The van der Waals surface area contributed by atoms with Gasteiger partial charge in [-0.15, -0.1) is 0 Å². The Balaban J connectivity index is 2.13. The molecule has 0 saturated heterocycles. The van der Waals surface area contributed by atoms with Crippen LogP contribution in [-0.2, 0) is 6.54 Å². The molecule has 0 saturated carbocycles. The van der Waals surface area contributed by atoms with Crippen LogP contribution >= 0.6 is 0 Å². The van der Waals surface area contributed by atoms with Crippen LogP contribution in [0.1, 0.15) is 11.1 Å². The number of hydrogen-bond acceptors (Lipinski definition) is 5. The summed E-state index contributed by atoms with van der Waals surface area (Å²) in [6, 6.07) is 13.9. The Morgan fingerprint density at radius 3 is 2.81 bits per heavy atom. The van der Waals surface area contributed by atoms with Crippen LogP contribution in [-0.4, -0.2) is 12.0 Å². The van der Waals surface area contributed by atoms with E-state index in [2.05, 4.69) is 11.4 Å². The first-order valence-electron chi connectivity index (χ1n) is 6.19. The van der Waals surface area contributed by atoms with Crippen molar-refractivity contribution >= 4 is 11.4 Å². The van der Waals surface area contributed by atoms with Crippen LogP contribution in [0.4, 0.5) is 11.4 Å². The lowest BCUT2D eigenvalue weighted by molar-refractivity contribution is -0.385. The molecule has 2 rings (SSSR count). The molecule has 6 heteroatoms. The second kappa shape index (κ2) is 6.39. The highest BCUT2D eigenvalue weighted by atomic mass is 16.6. The SMILES string of the molecule is COc1cc(NCc2cccc(C#N)c2)ccc1[N+](=O)[O-]. The van der Waals surface area contributed by atoms with Crippen molar-refractivity contribution in [2.75, 3.05) is 12.4 Å². The van der Waals surface area contributed by atoms with Gasteiger partial charge < -0.3 is 10.1 Å². The van der Waals surface area contributed by atoms with E-state index >= 15 is 0 Å². The van der Waals surface area contributed by atoms with Crippen molar-refractivity contribution in [3.63, 3.8) is 0 Å². The van der Waals surface area contributed by atoms with Gasteiger partial charge in [-0.25, -0.2) is 0 Å². The fourth-order valence-corrected chi connectivity index (χ4v) is 1.89. The lowest BCUT2D eigenvalue weighted by Gasteiger charge is -2.08. The van der Waals surface area contributed by atoms with Crippen LogP contribution in [0.25, 0.3) is 0 Å². The second-order valence-electron chi connectivity index (χ2n) is 4.31. The molecule has 0 amide bonds. The molecule has 2 aromatic rings. The van der Waals surface area contributed by atoms with E-state index in [1.54, 1.807) is 24.3 Å². The Labute approximate surface area is 121 Å². The maximum atomic E-state index is 10.8. The fourth-order valence-electron chi connectivity index (χ4n) is 1.89. The van der Waals surface area contributed by atoms with Crippen LogP contribution in [0.2, 0.25) is 0 Å². The van der Waals surface area contributed by atoms with E-state index in [-0.39, 0.29) is 11.4 Å². The van der Waals surface area contributed by atoms with Gasteiger partial charge in [-0.3, -0.25) is 10.1 Å². The average Bonchev–Trinajstić information content (AvgIpc) is 2.52. The summed E-state index contributed by atoms with van der Waals surface area (Å²) in [6.45, 7) is 0.510. The van der Waals surface area contributed by atoms with Gasteiger partial charge in [-0.05, 0) is 23.8 Å². The van der Waals surface area contributed by atoms with Crippen molar-refractivity contribution in [3.8, 4) is 11.8 Å². The zero-order chi connectivity index (χ0) is 15.2. The molecule has 0 spiro atoms. The van der Waals surface area contributed by atoms with E-state index in [0.717, 1.165) is 5.56 Å². The van der Waals surface area contributed by atoms with Gasteiger partial charge in [0.2, 0.25) is 0 Å². The monoisotopic (exact) mass is 283 g/mol. The highest BCUT2D eigenvalue weighted by Crippen LogP contribution is 2.29. The van der Waals surface area contributed by atoms with E-state index < -0.39 is 4.92 Å². The third kappa shape index (κ3) is 3.48. The van der Waals surface area contributed by atoms with Gasteiger partial charge in [0.1, 0.15) is 0 Å². The number of nitro groups is 1. The summed E-state index contributed by atoms with van der Waals surface area (Å²) in [4.78, 5) is 10.3. The molecule has 0 aliphatic carbocycles. The molecule has 21 heavy (non-hydrogen) atoms. The molecule has 106 valence electrons. The molecule has 0 aromatic heterocycles. The van der Waals surface area contributed by atoms with Crippen molar-refractivity contribution in [1.82, 2.24) is 0 Å². The molecule has 0 unspecified atom stereocenters. The number of rotatable bonds is 5. The average molecular weight is 283 g/mol. The van der Waals surface area contributed by atoms with Crippen LogP contribution in [0, 0.1) is 21.4 Å². The molecule has 0 bridgehead atoms. The molecular formula is C15H13N3O3. The predicted molar refractivity (Wildman–Crippen MR) is 78.1 cm³/mol. The number of nitriles is 1. The lowest BCUT2D eigenvalue weighted by Crippen LogP contribution is -2.01.